The number of benzene rings is 2. The number of rotatable bonds is 6. The lowest BCUT2D eigenvalue weighted by Gasteiger charge is -2.56. The van der Waals surface area contributed by atoms with E-state index in [1.54, 1.807) is 11.3 Å². The number of aliphatic carboxylic acids is 1. The molecule has 158 valence electrons. The van der Waals surface area contributed by atoms with Gasteiger partial charge in [-0.15, -0.1) is 0 Å². The summed E-state index contributed by atoms with van der Waals surface area (Å²) in [4.78, 5) is 23.9. The number of carbonyl (C=O) groups excluding carboxylic acids is 1. The van der Waals surface area contributed by atoms with Gasteiger partial charge in [0.25, 0.3) is 5.91 Å². The maximum absolute atomic E-state index is 12.9. The molecule has 0 aliphatic heterocycles. The van der Waals surface area contributed by atoms with Crippen LogP contribution in [0.3, 0.4) is 0 Å². The van der Waals surface area contributed by atoms with Gasteiger partial charge in [-0.1, -0.05) is 54.6 Å². The fourth-order valence-electron chi connectivity index (χ4n) is 5.17. The van der Waals surface area contributed by atoms with Gasteiger partial charge in [-0.05, 0) is 65.2 Å². The molecule has 1 amide bonds. The minimum absolute atomic E-state index is 0.00823. The minimum Gasteiger partial charge on any atom is -0.481 e. The van der Waals surface area contributed by atoms with Crippen molar-refractivity contribution in [3.63, 3.8) is 0 Å². The van der Waals surface area contributed by atoms with Crippen LogP contribution in [0.2, 0.25) is 0 Å². The summed E-state index contributed by atoms with van der Waals surface area (Å²) < 4.78 is 0. The zero-order valence-corrected chi connectivity index (χ0v) is 18.0. The Hall–Kier alpha value is -2.92. The summed E-state index contributed by atoms with van der Waals surface area (Å²) in [5.74, 6) is -0.877. The van der Waals surface area contributed by atoms with E-state index in [1.165, 1.54) is 16.7 Å². The zero-order valence-electron chi connectivity index (χ0n) is 17.2. The molecular formula is C26H25NO3S. The number of carboxylic acids is 1. The summed E-state index contributed by atoms with van der Waals surface area (Å²) in [5, 5.41) is 16.2. The van der Waals surface area contributed by atoms with Crippen LogP contribution in [0.4, 0.5) is 0 Å². The van der Waals surface area contributed by atoms with Crippen molar-refractivity contribution in [1.82, 2.24) is 5.32 Å². The molecule has 2 fully saturated rings. The number of thiophene rings is 1. The van der Waals surface area contributed by atoms with Crippen LogP contribution in [0, 0.1) is 11.3 Å². The molecule has 2 aliphatic rings. The first-order chi connectivity index (χ1) is 15.0. The van der Waals surface area contributed by atoms with E-state index in [2.05, 4.69) is 47.1 Å². The van der Waals surface area contributed by atoms with E-state index in [4.69, 9.17) is 5.11 Å². The Morgan fingerprint density at radius 3 is 2.29 bits per heavy atom. The second-order valence-electron chi connectivity index (χ2n) is 9.07. The van der Waals surface area contributed by atoms with Crippen LogP contribution < -0.4 is 5.32 Å². The maximum atomic E-state index is 12.9. The Labute approximate surface area is 185 Å². The minimum atomic E-state index is -0.683. The second-order valence-corrected chi connectivity index (χ2v) is 9.82. The van der Waals surface area contributed by atoms with Gasteiger partial charge in [0.15, 0.2) is 0 Å². The predicted molar refractivity (Wildman–Crippen MR) is 122 cm³/mol. The van der Waals surface area contributed by atoms with Crippen LogP contribution in [0.25, 0.3) is 11.1 Å². The summed E-state index contributed by atoms with van der Waals surface area (Å²) in [7, 11) is 0. The topological polar surface area (TPSA) is 66.4 Å². The first kappa shape index (κ1) is 20.0. The monoisotopic (exact) mass is 431 g/mol. The third-order valence-corrected chi connectivity index (χ3v) is 7.64. The highest BCUT2D eigenvalue weighted by Gasteiger charge is 2.55. The molecule has 0 bridgehead atoms. The van der Waals surface area contributed by atoms with Crippen molar-refractivity contribution in [3.05, 3.63) is 82.0 Å². The lowest BCUT2D eigenvalue weighted by atomic mass is 9.50. The first-order valence-electron chi connectivity index (χ1n) is 10.7. The van der Waals surface area contributed by atoms with Crippen LogP contribution in [0.15, 0.2) is 65.4 Å². The molecule has 5 heteroatoms. The summed E-state index contributed by atoms with van der Waals surface area (Å²) in [6, 6.07) is 19.0. The molecule has 0 radical (unpaired) electrons. The van der Waals surface area contributed by atoms with Crippen LogP contribution in [0.1, 0.15) is 47.2 Å². The van der Waals surface area contributed by atoms with E-state index >= 15 is 0 Å². The summed E-state index contributed by atoms with van der Waals surface area (Å²) in [5.41, 5.74) is 5.55. The Morgan fingerprint density at radius 2 is 1.61 bits per heavy atom. The highest BCUT2D eigenvalue weighted by Crippen LogP contribution is 2.58. The Bertz CT molecular complexity index is 1090. The molecular weight excluding hydrogens is 406 g/mol. The lowest BCUT2D eigenvalue weighted by molar-refractivity contribution is -0.155. The van der Waals surface area contributed by atoms with E-state index in [1.807, 2.05) is 23.6 Å². The third-order valence-electron chi connectivity index (χ3n) is 6.84. The van der Waals surface area contributed by atoms with E-state index < -0.39 is 5.97 Å². The fourth-order valence-corrected chi connectivity index (χ4v) is 6.01. The van der Waals surface area contributed by atoms with Crippen LogP contribution >= 0.6 is 11.3 Å². The number of nitrogens with one attached hydrogen (secondary N) is 1. The normalized spacial score (nSPS) is 24.3. The zero-order chi connectivity index (χ0) is 21.4. The molecule has 0 atom stereocenters. The van der Waals surface area contributed by atoms with Gasteiger partial charge in [-0.25, -0.2) is 0 Å². The van der Waals surface area contributed by atoms with Gasteiger partial charge in [0, 0.05) is 11.4 Å². The fraction of sp³-hybridized carbons (Fsp3) is 0.308. The van der Waals surface area contributed by atoms with E-state index in [9.17, 15) is 9.59 Å². The molecule has 2 saturated carbocycles. The molecule has 1 aromatic heterocycles. The third kappa shape index (κ3) is 4.02. The van der Waals surface area contributed by atoms with Crippen molar-refractivity contribution in [3.8, 4) is 11.1 Å². The molecule has 4 nitrogen and oxygen atoms in total. The van der Waals surface area contributed by atoms with Crippen LogP contribution in [0.5, 0.6) is 0 Å². The van der Waals surface area contributed by atoms with Gasteiger partial charge in [-0.3, -0.25) is 9.59 Å². The Morgan fingerprint density at radius 1 is 0.935 bits per heavy atom. The van der Waals surface area contributed by atoms with Gasteiger partial charge in [0.2, 0.25) is 0 Å². The summed E-state index contributed by atoms with van der Waals surface area (Å²) >= 11 is 1.56. The van der Waals surface area contributed by atoms with Crippen molar-refractivity contribution in [2.75, 3.05) is 0 Å². The number of hydrogen-bond acceptors (Lipinski definition) is 3. The Kier molecular flexibility index (Phi) is 5.14. The molecule has 1 heterocycles. The summed E-state index contributed by atoms with van der Waals surface area (Å²) in [6.45, 7) is 0. The van der Waals surface area contributed by atoms with E-state index in [-0.39, 0.29) is 23.3 Å². The largest absolute Gasteiger partial charge is 0.481 e. The smallest absolute Gasteiger partial charge is 0.306 e. The van der Waals surface area contributed by atoms with Gasteiger partial charge >= 0.3 is 5.97 Å². The van der Waals surface area contributed by atoms with Gasteiger partial charge in [0.05, 0.1) is 11.5 Å². The molecule has 3 aromatic rings. The average Bonchev–Trinajstić information content (AvgIpc) is 3.18. The number of carboxylic acid groups (broad SMARTS) is 1. The standard InChI is InChI=1S/C26H25NO3S/c28-24(27-22-13-26(14-22)11-21(12-26)25(29)30)23-16-31-15-20(23)10-17-6-8-19(9-7-17)18-4-2-1-3-5-18/h1-9,15-16,21-22H,10-14H2,(H,27,28)(H,29,30). The molecule has 2 N–H and O–H groups in total. The molecule has 0 saturated heterocycles. The summed E-state index contributed by atoms with van der Waals surface area (Å²) in [6.07, 6.45) is 4.07. The Balaban J connectivity index is 1.18. The quantitative estimate of drug-likeness (QED) is 0.551. The van der Waals surface area contributed by atoms with E-state index in [0.29, 0.717) is 0 Å². The highest BCUT2D eigenvalue weighted by atomic mass is 32.1. The van der Waals surface area contributed by atoms with Crippen molar-refractivity contribution in [1.29, 1.82) is 0 Å². The predicted octanol–water partition coefficient (Wildman–Crippen LogP) is 5.38. The average molecular weight is 432 g/mol. The number of carbonyl (C=O) groups is 2. The van der Waals surface area contributed by atoms with E-state index in [0.717, 1.165) is 43.2 Å². The number of hydrogen-bond donors (Lipinski definition) is 2. The van der Waals surface area contributed by atoms with Crippen LogP contribution in [-0.4, -0.2) is 23.0 Å². The lowest BCUT2D eigenvalue weighted by Crippen LogP contribution is -2.57. The van der Waals surface area contributed by atoms with Gasteiger partial charge in [-0.2, -0.15) is 11.3 Å². The SMILES string of the molecule is O=C(NC1CC2(C1)CC(C(=O)O)C2)c1cscc1Cc1ccc(-c2ccccc2)cc1. The molecule has 31 heavy (non-hydrogen) atoms. The molecule has 5 rings (SSSR count). The van der Waals surface area contributed by atoms with Crippen molar-refractivity contribution in [2.45, 2.75) is 38.1 Å². The molecule has 0 unspecified atom stereocenters. The first-order valence-corrected chi connectivity index (χ1v) is 11.7. The van der Waals surface area contributed by atoms with Crippen LogP contribution in [-0.2, 0) is 11.2 Å². The molecule has 2 aromatic carbocycles. The van der Waals surface area contributed by atoms with Gasteiger partial charge < -0.3 is 10.4 Å². The van der Waals surface area contributed by atoms with Gasteiger partial charge in [0.1, 0.15) is 0 Å². The highest BCUT2D eigenvalue weighted by molar-refractivity contribution is 7.08. The molecule has 1 spiro atoms. The van der Waals surface area contributed by atoms with Crippen molar-refractivity contribution >= 4 is 23.2 Å². The van der Waals surface area contributed by atoms with Crippen molar-refractivity contribution < 1.29 is 14.7 Å². The number of amides is 1. The van der Waals surface area contributed by atoms with Crippen molar-refractivity contribution in [2.24, 2.45) is 11.3 Å². The molecule has 2 aliphatic carbocycles. The second kappa shape index (κ2) is 7.97. The maximum Gasteiger partial charge on any atom is 0.306 e.